The van der Waals surface area contributed by atoms with Crippen LogP contribution in [-0.4, -0.2) is 25.0 Å². The van der Waals surface area contributed by atoms with Gasteiger partial charge in [-0.2, -0.15) is 0 Å². The highest BCUT2D eigenvalue weighted by Crippen LogP contribution is 2.27. The van der Waals surface area contributed by atoms with Gasteiger partial charge < -0.3 is 14.6 Å². The topological polar surface area (TPSA) is 28.4 Å². The third-order valence-corrected chi connectivity index (χ3v) is 3.83. The maximum Gasteiger partial charge on any atom is 0.134 e. The summed E-state index contributed by atoms with van der Waals surface area (Å²) in [4.78, 5) is 2.40. The Morgan fingerprint density at radius 2 is 2.00 bits per heavy atom. The highest BCUT2D eigenvalue weighted by atomic mass is 16.3. The Morgan fingerprint density at radius 1 is 1.24 bits per heavy atom. The molecule has 116 valence electrons. The zero-order valence-electron chi connectivity index (χ0n) is 13.8. The van der Waals surface area contributed by atoms with Gasteiger partial charge in [-0.1, -0.05) is 39.0 Å². The predicted octanol–water partition coefficient (Wildman–Crippen LogP) is 4.02. The van der Waals surface area contributed by atoms with Gasteiger partial charge in [-0.3, -0.25) is 0 Å². The van der Waals surface area contributed by atoms with E-state index in [2.05, 4.69) is 56.2 Å². The van der Waals surface area contributed by atoms with Crippen molar-refractivity contribution in [3.05, 3.63) is 35.6 Å². The van der Waals surface area contributed by atoms with E-state index in [-0.39, 0.29) is 0 Å². The van der Waals surface area contributed by atoms with Crippen molar-refractivity contribution in [3.63, 3.8) is 0 Å². The highest BCUT2D eigenvalue weighted by molar-refractivity contribution is 5.82. The SMILES string of the molecule is CCNCc1oc2ccccc2c1CN(C)CCC(C)C. The number of nitrogens with zero attached hydrogens (tertiary/aromatic N) is 1. The molecule has 0 saturated carbocycles. The first kappa shape index (κ1) is 16.1. The van der Waals surface area contributed by atoms with Gasteiger partial charge in [0.2, 0.25) is 0 Å². The smallest absolute Gasteiger partial charge is 0.134 e. The zero-order chi connectivity index (χ0) is 15.2. The molecule has 0 aliphatic heterocycles. The lowest BCUT2D eigenvalue weighted by Crippen LogP contribution is -2.21. The van der Waals surface area contributed by atoms with Crippen molar-refractivity contribution in [1.29, 1.82) is 0 Å². The van der Waals surface area contributed by atoms with E-state index in [0.717, 1.165) is 43.4 Å². The third kappa shape index (κ3) is 4.32. The van der Waals surface area contributed by atoms with E-state index in [0.29, 0.717) is 0 Å². The molecule has 2 aromatic rings. The van der Waals surface area contributed by atoms with Crippen LogP contribution in [0, 0.1) is 5.92 Å². The molecule has 0 spiro atoms. The summed E-state index contributed by atoms with van der Waals surface area (Å²) in [5, 5.41) is 4.63. The van der Waals surface area contributed by atoms with E-state index in [4.69, 9.17) is 4.42 Å². The van der Waals surface area contributed by atoms with Gasteiger partial charge in [0.1, 0.15) is 11.3 Å². The standard InChI is InChI=1S/C18H28N2O/c1-5-19-12-18-16(13-20(4)11-10-14(2)3)15-8-6-7-9-17(15)21-18/h6-9,14,19H,5,10-13H2,1-4H3. The first-order valence-electron chi connectivity index (χ1n) is 8.00. The Labute approximate surface area is 128 Å². The van der Waals surface area contributed by atoms with E-state index in [1.807, 2.05) is 6.07 Å². The number of hydrogen-bond donors (Lipinski definition) is 1. The first-order valence-corrected chi connectivity index (χ1v) is 8.00. The monoisotopic (exact) mass is 288 g/mol. The molecule has 1 N–H and O–H groups in total. The lowest BCUT2D eigenvalue weighted by molar-refractivity contribution is 0.301. The number of nitrogens with one attached hydrogen (secondary N) is 1. The van der Waals surface area contributed by atoms with Crippen molar-refractivity contribution in [3.8, 4) is 0 Å². The second-order valence-electron chi connectivity index (χ2n) is 6.20. The van der Waals surface area contributed by atoms with E-state index in [1.54, 1.807) is 0 Å². The zero-order valence-corrected chi connectivity index (χ0v) is 13.8. The minimum absolute atomic E-state index is 0.745. The number of hydrogen-bond acceptors (Lipinski definition) is 3. The average molecular weight is 288 g/mol. The molecule has 0 aliphatic rings. The van der Waals surface area contributed by atoms with Crippen LogP contribution in [-0.2, 0) is 13.1 Å². The Balaban J connectivity index is 2.18. The summed E-state index contributed by atoms with van der Waals surface area (Å²) < 4.78 is 6.04. The van der Waals surface area contributed by atoms with Gasteiger partial charge in [-0.05, 0) is 38.5 Å². The molecule has 0 aliphatic carbocycles. The molecule has 2 rings (SSSR count). The summed E-state index contributed by atoms with van der Waals surface area (Å²) in [5.74, 6) is 1.82. The summed E-state index contributed by atoms with van der Waals surface area (Å²) in [6.45, 7) is 10.5. The summed E-state index contributed by atoms with van der Waals surface area (Å²) in [7, 11) is 2.20. The molecule has 21 heavy (non-hydrogen) atoms. The predicted molar refractivity (Wildman–Crippen MR) is 89.4 cm³/mol. The molecule has 0 amide bonds. The van der Waals surface area contributed by atoms with Crippen LogP contribution in [0.4, 0.5) is 0 Å². The van der Waals surface area contributed by atoms with Gasteiger partial charge in [0, 0.05) is 17.5 Å². The number of para-hydroxylation sites is 1. The van der Waals surface area contributed by atoms with Crippen LogP contribution in [0.1, 0.15) is 38.5 Å². The van der Waals surface area contributed by atoms with Gasteiger partial charge in [-0.25, -0.2) is 0 Å². The fraction of sp³-hybridized carbons (Fsp3) is 0.556. The Morgan fingerprint density at radius 3 is 2.71 bits per heavy atom. The second-order valence-corrected chi connectivity index (χ2v) is 6.20. The number of rotatable bonds is 8. The summed E-state index contributed by atoms with van der Waals surface area (Å²) in [6.07, 6.45) is 1.23. The molecule has 0 atom stereocenters. The largest absolute Gasteiger partial charge is 0.459 e. The van der Waals surface area contributed by atoms with Crippen LogP contribution in [0.2, 0.25) is 0 Å². The minimum Gasteiger partial charge on any atom is -0.459 e. The molecule has 1 aromatic carbocycles. The molecular formula is C18H28N2O. The van der Waals surface area contributed by atoms with Crippen LogP contribution in [0.5, 0.6) is 0 Å². The number of fused-ring (bicyclic) bond motifs is 1. The van der Waals surface area contributed by atoms with Gasteiger partial charge in [0.05, 0.1) is 6.54 Å². The van der Waals surface area contributed by atoms with Crippen molar-refractivity contribution >= 4 is 11.0 Å². The third-order valence-electron chi connectivity index (χ3n) is 3.83. The highest BCUT2D eigenvalue weighted by Gasteiger charge is 2.15. The molecular weight excluding hydrogens is 260 g/mol. The number of benzene rings is 1. The van der Waals surface area contributed by atoms with Gasteiger partial charge in [0.15, 0.2) is 0 Å². The molecule has 3 nitrogen and oxygen atoms in total. The maximum absolute atomic E-state index is 6.04. The molecule has 1 aromatic heterocycles. The molecule has 3 heteroatoms. The molecule has 0 unspecified atom stereocenters. The van der Waals surface area contributed by atoms with Crippen LogP contribution < -0.4 is 5.32 Å². The molecule has 1 heterocycles. The van der Waals surface area contributed by atoms with Gasteiger partial charge in [-0.15, -0.1) is 0 Å². The molecule has 0 fully saturated rings. The van der Waals surface area contributed by atoms with Crippen LogP contribution in [0.25, 0.3) is 11.0 Å². The van der Waals surface area contributed by atoms with Crippen LogP contribution >= 0.6 is 0 Å². The van der Waals surface area contributed by atoms with Crippen molar-refractivity contribution < 1.29 is 4.42 Å². The summed E-state index contributed by atoms with van der Waals surface area (Å²) in [5.41, 5.74) is 2.33. The Bertz CT molecular complexity index is 559. The van der Waals surface area contributed by atoms with Gasteiger partial charge >= 0.3 is 0 Å². The second kappa shape index (κ2) is 7.62. The normalized spacial score (nSPS) is 11.9. The quantitative estimate of drug-likeness (QED) is 0.795. The maximum atomic E-state index is 6.04. The minimum atomic E-state index is 0.745. The van der Waals surface area contributed by atoms with Crippen molar-refractivity contribution in [1.82, 2.24) is 10.2 Å². The van der Waals surface area contributed by atoms with E-state index >= 15 is 0 Å². The summed E-state index contributed by atoms with van der Waals surface area (Å²) in [6, 6.07) is 8.35. The van der Waals surface area contributed by atoms with Crippen molar-refractivity contribution in [2.24, 2.45) is 5.92 Å². The Kier molecular flexibility index (Phi) is 5.83. The lowest BCUT2D eigenvalue weighted by atomic mass is 10.1. The van der Waals surface area contributed by atoms with Crippen molar-refractivity contribution in [2.75, 3.05) is 20.1 Å². The van der Waals surface area contributed by atoms with E-state index in [1.165, 1.54) is 17.4 Å². The van der Waals surface area contributed by atoms with E-state index in [9.17, 15) is 0 Å². The van der Waals surface area contributed by atoms with Crippen LogP contribution in [0.15, 0.2) is 28.7 Å². The fourth-order valence-electron chi connectivity index (χ4n) is 2.53. The van der Waals surface area contributed by atoms with Gasteiger partial charge in [0.25, 0.3) is 0 Å². The van der Waals surface area contributed by atoms with E-state index < -0.39 is 0 Å². The number of furan rings is 1. The first-order chi connectivity index (χ1) is 10.1. The molecule has 0 bridgehead atoms. The fourth-order valence-corrected chi connectivity index (χ4v) is 2.53. The van der Waals surface area contributed by atoms with Crippen LogP contribution in [0.3, 0.4) is 0 Å². The lowest BCUT2D eigenvalue weighted by Gasteiger charge is -2.18. The molecule has 0 radical (unpaired) electrons. The summed E-state index contributed by atoms with van der Waals surface area (Å²) >= 11 is 0. The Hall–Kier alpha value is -1.32. The molecule has 0 saturated heterocycles. The average Bonchev–Trinajstić information content (AvgIpc) is 2.81. The van der Waals surface area contributed by atoms with Crippen molar-refractivity contribution in [2.45, 2.75) is 40.3 Å².